The van der Waals surface area contributed by atoms with Crippen molar-refractivity contribution in [2.24, 2.45) is 11.3 Å². The Hall–Kier alpha value is -3.36. The summed E-state index contributed by atoms with van der Waals surface area (Å²) in [7, 11) is 0. The molecule has 3 rings (SSSR count). The molecule has 2 amide bonds. The van der Waals surface area contributed by atoms with Crippen LogP contribution in [0.15, 0.2) is 12.4 Å². The first-order valence-corrected chi connectivity index (χ1v) is 10.9. The van der Waals surface area contributed by atoms with Gasteiger partial charge in [-0.3, -0.25) is 9.59 Å². The predicted molar refractivity (Wildman–Crippen MR) is 116 cm³/mol. The molecule has 34 heavy (non-hydrogen) atoms. The number of likely N-dealkylation sites (tertiary alicyclic amines) is 1. The molecule has 2 aromatic rings. The maximum atomic E-state index is 13.2. The number of nitriles is 1. The first-order chi connectivity index (χ1) is 15.9. The third kappa shape index (κ3) is 6.15. The molecule has 2 aromatic heterocycles. The largest absolute Gasteiger partial charge is 0.476 e. The number of fused-ring (bicyclic) bond motifs is 1. The van der Waals surface area contributed by atoms with E-state index in [9.17, 15) is 22.8 Å². The molecule has 1 aliphatic heterocycles. The van der Waals surface area contributed by atoms with E-state index in [1.165, 1.54) is 12.4 Å². The van der Waals surface area contributed by atoms with Gasteiger partial charge in [0.05, 0.1) is 30.9 Å². The van der Waals surface area contributed by atoms with Crippen LogP contribution in [0.1, 0.15) is 50.4 Å². The highest BCUT2D eigenvalue weighted by Gasteiger charge is 2.37. The van der Waals surface area contributed by atoms with Crippen molar-refractivity contribution in [2.45, 2.75) is 52.3 Å². The Morgan fingerprint density at radius 1 is 1.32 bits per heavy atom. The number of piperidine rings is 1. The van der Waals surface area contributed by atoms with Crippen molar-refractivity contribution in [2.75, 3.05) is 19.7 Å². The number of hydrogen-bond acceptors (Lipinski definition) is 6. The highest BCUT2D eigenvalue weighted by molar-refractivity contribution is 6.06. The first kappa shape index (κ1) is 25.3. The number of ether oxygens (including phenoxy) is 1. The zero-order valence-corrected chi connectivity index (χ0v) is 19.2. The van der Waals surface area contributed by atoms with Crippen molar-refractivity contribution >= 4 is 23.0 Å². The van der Waals surface area contributed by atoms with Gasteiger partial charge in [-0.05, 0) is 18.3 Å². The smallest absolute Gasteiger partial charge is 0.392 e. The summed E-state index contributed by atoms with van der Waals surface area (Å²) in [5.74, 6) is -1.04. The predicted octanol–water partition coefficient (Wildman–Crippen LogP) is 3.20. The minimum absolute atomic E-state index is 0.0796. The number of aromatic nitrogens is 3. The van der Waals surface area contributed by atoms with Gasteiger partial charge in [-0.15, -0.1) is 0 Å². The lowest BCUT2D eigenvalue weighted by molar-refractivity contribution is -0.140. The molecule has 9 nitrogen and oxygen atoms in total. The highest BCUT2D eigenvalue weighted by Crippen LogP contribution is 2.26. The summed E-state index contributed by atoms with van der Waals surface area (Å²) in [4.78, 5) is 39.0. The van der Waals surface area contributed by atoms with Crippen LogP contribution in [-0.2, 0) is 4.79 Å². The van der Waals surface area contributed by atoms with Crippen molar-refractivity contribution in [3.63, 3.8) is 0 Å². The normalized spacial score (nSPS) is 16.2. The lowest BCUT2D eigenvalue weighted by atomic mass is 9.85. The number of halogens is 3. The van der Waals surface area contributed by atoms with Crippen LogP contribution in [0.2, 0.25) is 0 Å². The van der Waals surface area contributed by atoms with E-state index < -0.39 is 36.6 Å². The summed E-state index contributed by atoms with van der Waals surface area (Å²) < 4.78 is 42.1. The Morgan fingerprint density at radius 2 is 2.00 bits per heavy atom. The van der Waals surface area contributed by atoms with Crippen molar-refractivity contribution in [1.82, 2.24) is 25.2 Å². The van der Waals surface area contributed by atoms with E-state index in [0.29, 0.717) is 25.9 Å². The molecule has 0 aliphatic carbocycles. The number of hydrogen-bond donors (Lipinski definition) is 2. The van der Waals surface area contributed by atoms with E-state index in [1.807, 2.05) is 20.8 Å². The zero-order chi connectivity index (χ0) is 25.1. The number of H-pyrrole nitrogens is 1. The third-order valence-electron chi connectivity index (χ3n) is 5.62. The quantitative estimate of drug-likeness (QED) is 0.654. The fraction of sp³-hybridized carbons (Fsp3) is 0.591. The molecule has 1 aliphatic rings. The number of carbonyl (C=O) groups excluding carboxylic acids is 2. The first-order valence-electron chi connectivity index (χ1n) is 10.9. The van der Waals surface area contributed by atoms with E-state index in [2.05, 4.69) is 26.3 Å². The van der Waals surface area contributed by atoms with Gasteiger partial charge in [0.15, 0.2) is 5.65 Å². The molecule has 184 valence electrons. The van der Waals surface area contributed by atoms with E-state index in [0.717, 1.165) is 0 Å². The van der Waals surface area contributed by atoms with Gasteiger partial charge in [0.25, 0.3) is 5.91 Å². The van der Waals surface area contributed by atoms with Crippen LogP contribution in [0.5, 0.6) is 5.88 Å². The molecule has 1 atom stereocenters. The van der Waals surface area contributed by atoms with Crippen LogP contribution in [0, 0.1) is 22.7 Å². The Labute approximate surface area is 194 Å². The fourth-order valence-corrected chi connectivity index (χ4v) is 3.66. The SMILES string of the molecule is CC(C)(C)C(NC(=O)c1c[nH]c2ncc(OCCC(F)(F)F)nc12)C(=O)N1CCC(C#N)CC1. The van der Waals surface area contributed by atoms with Gasteiger partial charge in [0.1, 0.15) is 11.6 Å². The minimum Gasteiger partial charge on any atom is -0.476 e. The average molecular weight is 480 g/mol. The number of alkyl halides is 3. The lowest BCUT2D eigenvalue weighted by Crippen LogP contribution is -2.56. The standard InChI is InChI=1S/C22H27F3N6O3/c1-21(2,3)17(20(33)31-7-4-13(10-26)5-8-31)30-19(32)14-11-27-18-16(14)29-15(12-28-18)34-9-6-22(23,24)25/h11-13,17H,4-9H2,1-3H3,(H,27,28)(H,30,32). The topological polar surface area (TPSA) is 124 Å². The maximum Gasteiger partial charge on any atom is 0.392 e. The van der Waals surface area contributed by atoms with Crippen LogP contribution in [-0.4, -0.2) is 63.6 Å². The van der Waals surface area contributed by atoms with Crippen molar-refractivity contribution in [3.05, 3.63) is 18.0 Å². The number of rotatable bonds is 6. The van der Waals surface area contributed by atoms with Gasteiger partial charge >= 0.3 is 6.18 Å². The second-order valence-electron chi connectivity index (χ2n) is 9.32. The number of aromatic amines is 1. The van der Waals surface area contributed by atoms with Gasteiger partial charge in [0, 0.05) is 25.2 Å². The fourth-order valence-electron chi connectivity index (χ4n) is 3.66. The van der Waals surface area contributed by atoms with Crippen molar-refractivity contribution in [3.8, 4) is 11.9 Å². The number of carbonyl (C=O) groups is 2. The number of nitrogens with zero attached hydrogens (tertiary/aromatic N) is 4. The monoisotopic (exact) mass is 480 g/mol. The van der Waals surface area contributed by atoms with Gasteiger partial charge in [-0.25, -0.2) is 9.97 Å². The summed E-state index contributed by atoms with van der Waals surface area (Å²) >= 11 is 0. The maximum absolute atomic E-state index is 13.2. The van der Waals surface area contributed by atoms with Crippen molar-refractivity contribution in [1.29, 1.82) is 5.26 Å². The van der Waals surface area contributed by atoms with Gasteiger partial charge < -0.3 is 19.9 Å². The second kappa shape index (κ2) is 9.87. The average Bonchev–Trinajstić information content (AvgIpc) is 3.18. The number of amides is 2. The van der Waals surface area contributed by atoms with Crippen LogP contribution in [0.4, 0.5) is 13.2 Å². The third-order valence-corrected chi connectivity index (χ3v) is 5.62. The van der Waals surface area contributed by atoms with E-state index in [4.69, 9.17) is 10.00 Å². The Bertz CT molecular complexity index is 1080. The highest BCUT2D eigenvalue weighted by atomic mass is 19.4. The molecule has 1 saturated heterocycles. The molecule has 2 N–H and O–H groups in total. The molecule has 1 fully saturated rings. The Morgan fingerprint density at radius 3 is 2.59 bits per heavy atom. The molecule has 0 radical (unpaired) electrons. The summed E-state index contributed by atoms with van der Waals surface area (Å²) in [6, 6.07) is 1.38. The lowest BCUT2D eigenvalue weighted by Gasteiger charge is -2.37. The zero-order valence-electron chi connectivity index (χ0n) is 19.2. The van der Waals surface area contributed by atoms with Crippen LogP contribution < -0.4 is 10.1 Å². The summed E-state index contributed by atoms with van der Waals surface area (Å²) in [6.45, 7) is 5.75. The molecule has 1 unspecified atom stereocenters. The molecular formula is C22H27F3N6O3. The molecule has 0 bridgehead atoms. The molecule has 0 spiro atoms. The van der Waals surface area contributed by atoms with E-state index in [-0.39, 0.29) is 34.4 Å². The summed E-state index contributed by atoms with van der Waals surface area (Å²) in [6.07, 6.45) is -1.79. The minimum atomic E-state index is -4.37. The van der Waals surface area contributed by atoms with Gasteiger partial charge in [-0.2, -0.15) is 18.4 Å². The van der Waals surface area contributed by atoms with Crippen LogP contribution in [0.3, 0.4) is 0 Å². The Balaban J connectivity index is 1.76. The van der Waals surface area contributed by atoms with Crippen LogP contribution >= 0.6 is 0 Å². The van der Waals surface area contributed by atoms with Crippen molar-refractivity contribution < 1.29 is 27.5 Å². The molecule has 0 saturated carbocycles. The van der Waals surface area contributed by atoms with Gasteiger partial charge in [0.2, 0.25) is 11.8 Å². The molecule has 3 heterocycles. The molecule has 0 aromatic carbocycles. The summed E-state index contributed by atoms with van der Waals surface area (Å²) in [5.41, 5.74) is -0.140. The molecular weight excluding hydrogens is 453 g/mol. The van der Waals surface area contributed by atoms with Crippen LogP contribution in [0.25, 0.3) is 11.2 Å². The van der Waals surface area contributed by atoms with E-state index in [1.54, 1.807) is 4.90 Å². The Kier molecular flexibility index (Phi) is 7.33. The molecule has 12 heteroatoms. The van der Waals surface area contributed by atoms with E-state index >= 15 is 0 Å². The van der Waals surface area contributed by atoms with Gasteiger partial charge in [-0.1, -0.05) is 20.8 Å². The number of nitrogens with one attached hydrogen (secondary N) is 2. The second-order valence-corrected chi connectivity index (χ2v) is 9.32. The summed E-state index contributed by atoms with van der Waals surface area (Å²) in [5, 5.41) is 11.9.